The molecule has 0 saturated heterocycles. The van der Waals surface area contributed by atoms with Crippen LogP contribution in [0.15, 0.2) is 36.4 Å². The molecular formula is C16H19NS. The Bertz CT molecular complexity index is 544. The Hall–Kier alpha value is -1.12. The van der Waals surface area contributed by atoms with Crippen LogP contribution in [0.4, 0.5) is 0 Å². The van der Waals surface area contributed by atoms with Gasteiger partial charge >= 0.3 is 0 Å². The summed E-state index contributed by atoms with van der Waals surface area (Å²) in [4.78, 5) is 2.78. The number of hydrogen-bond donors (Lipinski definition) is 1. The first kappa shape index (κ1) is 11.9. The van der Waals surface area contributed by atoms with Gasteiger partial charge < -0.3 is 5.73 Å². The molecule has 1 nitrogen and oxygen atoms in total. The van der Waals surface area contributed by atoms with Gasteiger partial charge in [-0.1, -0.05) is 31.2 Å². The van der Waals surface area contributed by atoms with E-state index in [-0.39, 0.29) is 6.04 Å². The summed E-state index contributed by atoms with van der Waals surface area (Å²) in [7, 11) is 0. The highest BCUT2D eigenvalue weighted by atomic mass is 32.1. The molecule has 1 aromatic heterocycles. The molecule has 2 unspecified atom stereocenters. The van der Waals surface area contributed by atoms with Gasteiger partial charge in [0.25, 0.3) is 0 Å². The zero-order valence-corrected chi connectivity index (χ0v) is 11.5. The SMILES string of the molecule is CCc1ccc(C(N)CC2Cc3ccccc32)s1. The molecule has 0 fully saturated rings. The lowest BCUT2D eigenvalue weighted by Gasteiger charge is -2.31. The minimum absolute atomic E-state index is 0.202. The van der Waals surface area contributed by atoms with Gasteiger partial charge in [0.2, 0.25) is 0 Å². The second kappa shape index (κ2) is 4.87. The first-order valence-electron chi connectivity index (χ1n) is 6.70. The predicted molar refractivity (Wildman–Crippen MR) is 78.1 cm³/mol. The molecule has 2 N–H and O–H groups in total. The van der Waals surface area contributed by atoms with Crippen molar-refractivity contribution in [2.75, 3.05) is 0 Å². The van der Waals surface area contributed by atoms with E-state index < -0.39 is 0 Å². The minimum Gasteiger partial charge on any atom is -0.323 e. The quantitative estimate of drug-likeness (QED) is 0.879. The normalized spacial score (nSPS) is 19.1. The highest BCUT2D eigenvalue weighted by Crippen LogP contribution is 2.40. The second-order valence-electron chi connectivity index (χ2n) is 5.10. The van der Waals surface area contributed by atoms with E-state index >= 15 is 0 Å². The van der Waals surface area contributed by atoms with Crippen LogP contribution < -0.4 is 5.73 Å². The molecular weight excluding hydrogens is 238 g/mol. The molecule has 18 heavy (non-hydrogen) atoms. The van der Waals surface area contributed by atoms with Crippen molar-refractivity contribution in [2.24, 2.45) is 5.73 Å². The molecule has 0 radical (unpaired) electrons. The van der Waals surface area contributed by atoms with Crippen LogP contribution in [0.3, 0.4) is 0 Å². The maximum atomic E-state index is 6.34. The molecule has 2 heteroatoms. The van der Waals surface area contributed by atoms with Gasteiger partial charge in [-0.3, -0.25) is 0 Å². The number of nitrogens with two attached hydrogens (primary N) is 1. The Morgan fingerprint density at radius 3 is 2.83 bits per heavy atom. The highest BCUT2D eigenvalue weighted by molar-refractivity contribution is 7.12. The fraction of sp³-hybridized carbons (Fsp3) is 0.375. The summed E-state index contributed by atoms with van der Waals surface area (Å²) in [6.45, 7) is 2.20. The van der Waals surface area contributed by atoms with Gasteiger partial charge in [0.15, 0.2) is 0 Å². The number of fused-ring (bicyclic) bond motifs is 1. The molecule has 2 atom stereocenters. The molecule has 1 aliphatic rings. The number of hydrogen-bond acceptors (Lipinski definition) is 2. The molecule has 0 bridgehead atoms. The van der Waals surface area contributed by atoms with E-state index in [2.05, 4.69) is 43.3 Å². The van der Waals surface area contributed by atoms with Crippen LogP contribution in [0.2, 0.25) is 0 Å². The number of thiophene rings is 1. The number of aryl methyl sites for hydroxylation is 1. The van der Waals surface area contributed by atoms with Crippen molar-refractivity contribution in [2.45, 2.75) is 38.1 Å². The summed E-state index contributed by atoms with van der Waals surface area (Å²) in [5.41, 5.74) is 9.36. The van der Waals surface area contributed by atoms with Gasteiger partial charge in [0, 0.05) is 15.8 Å². The van der Waals surface area contributed by atoms with E-state index in [1.807, 2.05) is 11.3 Å². The summed E-state index contributed by atoms with van der Waals surface area (Å²) in [6, 6.07) is 13.4. The first-order valence-corrected chi connectivity index (χ1v) is 7.51. The summed E-state index contributed by atoms with van der Waals surface area (Å²) in [5, 5.41) is 0. The van der Waals surface area contributed by atoms with E-state index in [1.54, 1.807) is 0 Å². The third-order valence-electron chi connectivity index (χ3n) is 3.90. The van der Waals surface area contributed by atoms with Crippen LogP contribution in [0.5, 0.6) is 0 Å². The molecule has 94 valence electrons. The molecule has 2 aromatic rings. The standard InChI is InChI=1S/C16H19NS/c1-2-13-7-8-16(18-13)15(17)10-12-9-11-5-3-4-6-14(11)12/h3-8,12,15H,2,9-10,17H2,1H3. The van der Waals surface area contributed by atoms with Crippen LogP contribution >= 0.6 is 11.3 Å². The van der Waals surface area contributed by atoms with Gasteiger partial charge in [0.05, 0.1) is 0 Å². The monoisotopic (exact) mass is 257 g/mol. The van der Waals surface area contributed by atoms with Gasteiger partial charge in [-0.15, -0.1) is 11.3 Å². The summed E-state index contributed by atoms with van der Waals surface area (Å²) in [5.74, 6) is 0.670. The van der Waals surface area contributed by atoms with E-state index in [0.29, 0.717) is 5.92 Å². The summed E-state index contributed by atoms with van der Waals surface area (Å²) < 4.78 is 0. The summed E-state index contributed by atoms with van der Waals surface area (Å²) >= 11 is 1.87. The first-order chi connectivity index (χ1) is 8.78. The Balaban J connectivity index is 1.68. The predicted octanol–water partition coefficient (Wildman–Crippen LogP) is 4.04. The molecule has 0 aliphatic heterocycles. The smallest absolute Gasteiger partial charge is 0.0395 e. The molecule has 3 rings (SSSR count). The van der Waals surface area contributed by atoms with Gasteiger partial charge in [-0.2, -0.15) is 0 Å². The lowest BCUT2D eigenvalue weighted by molar-refractivity contribution is 0.502. The van der Waals surface area contributed by atoms with Crippen molar-refractivity contribution in [3.8, 4) is 0 Å². The van der Waals surface area contributed by atoms with E-state index in [4.69, 9.17) is 5.73 Å². The van der Waals surface area contributed by atoms with Crippen molar-refractivity contribution in [1.82, 2.24) is 0 Å². The Kier molecular flexibility index (Phi) is 3.23. The largest absolute Gasteiger partial charge is 0.323 e. The molecule has 1 aromatic carbocycles. The summed E-state index contributed by atoms with van der Waals surface area (Å²) in [6.07, 6.45) is 3.40. The third kappa shape index (κ3) is 2.11. The molecule has 1 aliphatic carbocycles. The van der Waals surface area contributed by atoms with Gasteiger partial charge in [0.1, 0.15) is 0 Å². The average molecular weight is 257 g/mol. The lowest BCUT2D eigenvalue weighted by Crippen LogP contribution is -2.22. The topological polar surface area (TPSA) is 26.0 Å². The molecule has 0 saturated carbocycles. The zero-order valence-electron chi connectivity index (χ0n) is 10.7. The minimum atomic E-state index is 0.202. The van der Waals surface area contributed by atoms with Crippen molar-refractivity contribution < 1.29 is 0 Å². The Labute approximate surface area is 113 Å². The van der Waals surface area contributed by atoms with Gasteiger partial charge in [-0.25, -0.2) is 0 Å². The maximum Gasteiger partial charge on any atom is 0.0395 e. The van der Waals surface area contributed by atoms with Gasteiger partial charge in [-0.05, 0) is 48.4 Å². The number of rotatable bonds is 4. The van der Waals surface area contributed by atoms with Crippen molar-refractivity contribution >= 4 is 11.3 Å². The highest BCUT2D eigenvalue weighted by Gasteiger charge is 2.27. The Morgan fingerprint density at radius 2 is 2.11 bits per heavy atom. The fourth-order valence-corrected chi connectivity index (χ4v) is 3.75. The third-order valence-corrected chi connectivity index (χ3v) is 5.26. The lowest BCUT2D eigenvalue weighted by atomic mass is 9.74. The molecule has 0 spiro atoms. The van der Waals surface area contributed by atoms with Crippen LogP contribution in [-0.4, -0.2) is 0 Å². The van der Waals surface area contributed by atoms with Crippen molar-refractivity contribution in [3.63, 3.8) is 0 Å². The number of benzene rings is 1. The zero-order chi connectivity index (χ0) is 12.5. The van der Waals surface area contributed by atoms with E-state index in [1.165, 1.54) is 27.3 Å². The van der Waals surface area contributed by atoms with Crippen LogP contribution in [0, 0.1) is 0 Å². The van der Waals surface area contributed by atoms with Crippen molar-refractivity contribution in [3.05, 3.63) is 57.3 Å². The van der Waals surface area contributed by atoms with Crippen LogP contribution in [-0.2, 0) is 12.8 Å². The van der Waals surface area contributed by atoms with Crippen LogP contribution in [0.25, 0.3) is 0 Å². The fourth-order valence-electron chi connectivity index (χ4n) is 2.78. The Morgan fingerprint density at radius 1 is 1.28 bits per heavy atom. The second-order valence-corrected chi connectivity index (χ2v) is 6.30. The van der Waals surface area contributed by atoms with E-state index in [9.17, 15) is 0 Å². The molecule has 0 amide bonds. The van der Waals surface area contributed by atoms with E-state index in [0.717, 1.165) is 12.8 Å². The molecule has 1 heterocycles. The average Bonchev–Trinajstić information content (AvgIpc) is 2.84. The maximum absolute atomic E-state index is 6.34. The van der Waals surface area contributed by atoms with Crippen molar-refractivity contribution in [1.29, 1.82) is 0 Å². The van der Waals surface area contributed by atoms with Crippen LogP contribution in [0.1, 0.15) is 46.2 Å².